The monoisotopic (exact) mass is 2050 g/mol. The molecule has 0 aliphatic carbocycles. The van der Waals surface area contributed by atoms with E-state index in [2.05, 4.69) is 90.4 Å². The maximum atomic E-state index is 14.5. The summed E-state index contributed by atoms with van der Waals surface area (Å²) >= 11 is 5.48. The van der Waals surface area contributed by atoms with E-state index < -0.39 is 238 Å². The minimum atomic E-state index is -1.79. The second kappa shape index (κ2) is 63.8. The van der Waals surface area contributed by atoms with Gasteiger partial charge >= 0.3 is 31.7 Å². The van der Waals surface area contributed by atoms with Crippen LogP contribution >= 0.6 is 12.2 Å². The van der Waals surface area contributed by atoms with Crippen molar-refractivity contribution >= 4 is 161 Å². The fourth-order valence-electron chi connectivity index (χ4n) is 14.7. The molecule has 0 aromatic heterocycles. The topological polar surface area (TPSA) is 799 Å². The largest absolute Gasteiger partial charge is 3.00 e. The minimum Gasteiger partial charge on any atom is -0.549 e. The van der Waals surface area contributed by atoms with E-state index in [9.17, 15) is 122 Å². The van der Waals surface area contributed by atoms with Gasteiger partial charge in [0.05, 0.1) is 76.9 Å². The van der Waals surface area contributed by atoms with Crippen LogP contribution in [0.3, 0.4) is 0 Å². The fraction of sp³-hybridized carbons (Fsp3) is 0.552. The van der Waals surface area contributed by atoms with Crippen molar-refractivity contribution in [1.29, 1.82) is 10.8 Å². The summed E-state index contributed by atoms with van der Waals surface area (Å²) in [6, 6.07) is 3.47. The van der Waals surface area contributed by atoms with Crippen molar-refractivity contribution in [2.75, 3.05) is 143 Å². The standard InChI is InChI=1S/C87H128N24O28S.Ga/c88-85(89)94-27-5-9-58-77(129)97-44-68(115)101-65(42-71(118)119)83(135)107-63(40-52-13-19-56(112)20-14-52)81(133)105-60(79(131)103-58)7-1-3-25-92-67(114)24-23-62(100-70(117)50-139-38-37-138-36-35-137-34-29-96-87(140)99-54-17-11-51(12-18-54)39-55-46-110(48-74(124)125)31-30-109(47-73(122)123)32-33-111(55)49-75(126)127)76(128)93-26-4-2-8-61-80(132)104-59(10-6-28-95-86(90)91)78(130)98-45-69(116)102-66(43-72(120)121)84(136)108-64(82(134)106-61)41-53-15-21-57(113)22-16-53;/h11-22,55,58-66,112-113H,1-10,23-50H2,(H,92,114)(H,93,128)(H,97,129)(H,98,130)(H,100,117)(H,101,115)(H,102,116)(H,103,131)(H,104,132)(H,105,133)(H,106,134)(H,107,135)(H,108,136)(H,118,119)(H,120,121)(H,122,123)(H,124,125)(H,126,127)(H4,88,89,94)(H4,90,91,95)(H2,96,99,140);/q;+3/p-3/t55?,58-,59-,60-,61-,62?,63+,64+,65-,66-;/m0./s1/i;1-2. The maximum absolute atomic E-state index is 14.5. The molecule has 770 valence electrons. The van der Waals surface area contributed by atoms with Crippen molar-refractivity contribution in [3.05, 3.63) is 89.5 Å². The smallest absolute Gasteiger partial charge is 0.549 e. The number of nitrogens with two attached hydrogens (primary N) is 2. The molecule has 54 heteroatoms. The van der Waals surface area contributed by atoms with Gasteiger partial charge in [0.15, 0.2) is 17.0 Å². The van der Waals surface area contributed by atoms with Gasteiger partial charge in [-0.2, -0.15) is 0 Å². The molecule has 10 atom stereocenters. The number of carbonyl (C=O) groups is 18. The number of benzene rings is 3. The van der Waals surface area contributed by atoms with E-state index in [1.165, 1.54) is 48.5 Å². The minimum absolute atomic E-state index is 0. The van der Waals surface area contributed by atoms with Gasteiger partial charge in [0, 0.05) is 116 Å². The van der Waals surface area contributed by atoms with Gasteiger partial charge in [-0.15, -0.1) is 0 Å². The van der Waals surface area contributed by atoms with Crippen LogP contribution in [0.15, 0.2) is 72.8 Å². The number of phenolic OH excluding ortho intramolecular Hbond substituents is 2. The van der Waals surface area contributed by atoms with Crippen LogP contribution < -0.4 is 117 Å². The number of nitrogens with one attached hydrogen (secondary N) is 19. The Morgan fingerprint density at radius 2 is 0.830 bits per heavy atom. The molecule has 3 fully saturated rings. The van der Waals surface area contributed by atoms with Crippen molar-refractivity contribution < 1.29 is 136 Å². The van der Waals surface area contributed by atoms with Crippen molar-refractivity contribution in [3.63, 3.8) is 0 Å². The molecule has 3 aromatic rings. The second-order valence-electron chi connectivity index (χ2n) is 33.0. The molecule has 0 saturated carbocycles. The van der Waals surface area contributed by atoms with Gasteiger partial charge in [0.25, 0.3) is 0 Å². The number of hydrogen-bond acceptors (Lipinski definition) is 32. The molecule has 141 heavy (non-hydrogen) atoms. The zero-order valence-electron chi connectivity index (χ0n) is 77.6. The first-order chi connectivity index (χ1) is 66.7. The van der Waals surface area contributed by atoms with Crippen LogP contribution in [0.2, 0.25) is 0 Å². The van der Waals surface area contributed by atoms with Crippen LogP contribution in [-0.4, -0.2) is 377 Å². The first-order valence-corrected chi connectivity index (χ1v) is 45.8. The predicted octanol–water partition coefficient (Wildman–Crippen LogP) is -11.9. The van der Waals surface area contributed by atoms with Crippen LogP contribution in [0.25, 0.3) is 0 Å². The van der Waals surface area contributed by atoms with Crippen LogP contribution in [0.4, 0.5) is 5.69 Å². The van der Waals surface area contributed by atoms with Crippen molar-refractivity contribution in [3.8, 4) is 11.5 Å². The molecule has 3 aliphatic rings. The number of aliphatic carboxylic acids is 5. The third kappa shape index (κ3) is 48.2. The molecular formula is C87H125GaN24O28S. The van der Waals surface area contributed by atoms with Crippen LogP contribution in [0.5, 0.6) is 11.5 Å². The second-order valence-corrected chi connectivity index (χ2v) is 33.5. The predicted molar refractivity (Wildman–Crippen MR) is 499 cm³/mol. The van der Waals surface area contributed by atoms with Gasteiger partial charge in [0.1, 0.15) is 72.5 Å². The molecule has 3 aromatic carbocycles. The number of carbonyl (C=O) groups excluding carboxylic acids is 16. The number of aromatic hydroxyl groups is 2. The molecule has 3 heterocycles. The Morgan fingerprint density at radius 3 is 1.30 bits per heavy atom. The molecule has 0 radical (unpaired) electrons. The number of thiocarbonyl (C=S) groups is 1. The summed E-state index contributed by atoms with van der Waals surface area (Å²) in [4.78, 5) is 245. The van der Waals surface area contributed by atoms with E-state index in [0.717, 1.165) is 5.56 Å². The average molecular weight is 2060 g/mol. The number of carboxylic acid groups (broad SMARTS) is 5. The van der Waals surface area contributed by atoms with E-state index in [-0.39, 0.29) is 218 Å². The Labute approximate surface area is 829 Å². The van der Waals surface area contributed by atoms with E-state index in [1.807, 2.05) is 0 Å². The summed E-state index contributed by atoms with van der Waals surface area (Å²) < 4.78 is 16.9. The number of rotatable bonds is 51. The number of carboxylic acids is 5. The van der Waals surface area contributed by atoms with E-state index in [1.54, 1.807) is 39.0 Å². The normalized spacial score (nSPS) is 19.9. The molecular weight excluding hydrogens is 1930 g/mol. The Kier molecular flexibility index (Phi) is 53.3. The number of nitrogens with zero attached hydrogens (tertiary/aromatic N) is 3. The number of anilines is 1. The summed E-state index contributed by atoms with van der Waals surface area (Å²) in [6.07, 6.45) is -3.26. The molecule has 0 bridgehead atoms. The summed E-state index contributed by atoms with van der Waals surface area (Å²) in [7, 11) is 0. The van der Waals surface area contributed by atoms with Crippen LogP contribution in [-0.2, 0) is 120 Å². The number of unbranched alkanes of at least 4 members (excludes halogenated alkanes) is 2. The summed E-state index contributed by atoms with van der Waals surface area (Å²) in [5.41, 5.74) is 13.0. The number of ether oxygens (including phenoxy) is 3. The Balaban J connectivity index is 0.0000350. The third-order valence-corrected chi connectivity index (χ3v) is 22.1. The summed E-state index contributed by atoms with van der Waals surface area (Å²) in [5, 5.41) is 134. The number of guanidine groups is 2. The number of hydrogen-bond donors (Lipinski definition) is 25. The van der Waals surface area contributed by atoms with Crippen LogP contribution in [0, 0.1) is 10.8 Å². The van der Waals surface area contributed by atoms with Crippen LogP contribution in [0.1, 0.15) is 107 Å². The molecule has 13 amide bonds. The van der Waals surface area contributed by atoms with E-state index in [4.69, 9.17) is 48.7 Å². The molecule has 3 saturated heterocycles. The first kappa shape index (κ1) is 118. The summed E-state index contributed by atoms with van der Waals surface area (Å²) in [6.45, 7) is -2.48. The zero-order valence-corrected chi connectivity index (χ0v) is 80.9. The molecule has 2 unspecified atom stereocenters. The van der Waals surface area contributed by atoms with Gasteiger partial charge in [0.2, 0.25) is 76.8 Å². The number of phenols is 2. The summed E-state index contributed by atoms with van der Waals surface area (Å²) in [5.74, 6) is -20.4. The number of amides is 13. The molecule has 6 rings (SSSR count). The Hall–Kier alpha value is -13.7. The first-order valence-electron chi connectivity index (χ1n) is 45.4. The van der Waals surface area contributed by atoms with Gasteiger partial charge < -0.3 is 166 Å². The SMILES string of the molecule is N=C(N)NCCC[C@@H]1NC(=O)[C@H](CCCCNC(=O)CCC(NC(=O)COCCOCCOCCNC(=S)Nc2ccc(CC3CN(CC(=O)[O-])CCN(CC(=O)[O-])CCN3CC(=O)[O-])cc2)C(=O)NCCCC[C@@H]2NC(=O)[C@@H](Cc3ccc(O)cc3)NC(=O)[C@H](CC(=O)O)NC(=O)CNC(=O)[C@H](CCCNC(=N)N)NC2=O)NC(=O)[C@@H](Cc2ccc(O)cc2)NC(=O)[C@H](CC(=O)O)NC(=O)CNC1=O.[68Ga+3]. The molecule has 3 aliphatic heterocycles. The van der Waals surface area contributed by atoms with Gasteiger partial charge in [-0.25, -0.2) is 0 Å². The average Bonchev–Trinajstić information content (AvgIpc) is 1.85. The van der Waals surface area contributed by atoms with Gasteiger partial charge in [-0.3, -0.25) is 97.4 Å². The quantitative estimate of drug-likeness (QED) is 0.00820. The van der Waals surface area contributed by atoms with Crippen molar-refractivity contribution in [2.45, 2.75) is 170 Å². The third-order valence-electron chi connectivity index (χ3n) is 21.9. The zero-order chi connectivity index (χ0) is 103. The maximum Gasteiger partial charge on any atom is 3.00 e. The van der Waals surface area contributed by atoms with Gasteiger partial charge in [-0.05, 0) is 142 Å². The molecule has 0 spiro atoms. The van der Waals surface area contributed by atoms with Crippen molar-refractivity contribution in [1.82, 2.24) is 99.8 Å². The molecule has 52 nitrogen and oxygen atoms in total. The Morgan fingerprint density at radius 1 is 0.440 bits per heavy atom. The van der Waals surface area contributed by atoms with E-state index >= 15 is 0 Å². The fourth-order valence-corrected chi connectivity index (χ4v) is 15.0. The van der Waals surface area contributed by atoms with E-state index in [0.29, 0.717) is 23.2 Å². The Bertz CT molecular complexity index is 4730. The molecule has 27 N–H and O–H groups in total. The van der Waals surface area contributed by atoms with Crippen molar-refractivity contribution in [2.24, 2.45) is 11.5 Å². The van der Waals surface area contributed by atoms with Gasteiger partial charge in [-0.1, -0.05) is 36.4 Å².